The quantitative estimate of drug-likeness (QED) is 0.564. The number of hydrogen-bond acceptors (Lipinski definition) is 6. The third-order valence-corrected chi connectivity index (χ3v) is 3.55. The number of tetrazole rings is 1. The highest BCUT2D eigenvalue weighted by atomic mass is 16.6. The molecule has 25 heavy (non-hydrogen) atoms. The van der Waals surface area contributed by atoms with E-state index in [1.54, 1.807) is 28.9 Å². The number of nitro groups is 1. The van der Waals surface area contributed by atoms with Crippen LogP contribution in [0.2, 0.25) is 0 Å². The average Bonchev–Trinajstić information content (AvgIpc) is 3.10. The standard InChI is InChI=1S/C16H14N6O3/c1-2-15-18-19-20-21(15)14-9-4-3-8-13(14)17-16(23)11-6-5-7-12(10-11)22(24)25/h3-10H,2H2,1H3,(H,17,23). The van der Waals surface area contributed by atoms with Gasteiger partial charge in [0.15, 0.2) is 5.82 Å². The number of nitrogens with zero attached hydrogens (tertiary/aromatic N) is 5. The van der Waals surface area contributed by atoms with Gasteiger partial charge in [0.25, 0.3) is 11.6 Å². The van der Waals surface area contributed by atoms with Crippen LogP contribution in [0.1, 0.15) is 23.1 Å². The van der Waals surface area contributed by atoms with Gasteiger partial charge in [-0.1, -0.05) is 25.1 Å². The second kappa shape index (κ2) is 6.87. The lowest BCUT2D eigenvalue weighted by Gasteiger charge is -2.11. The lowest BCUT2D eigenvalue weighted by atomic mass is 10.1. The Labute approximate surface area is 142 Å². The molecule has 1 aromatic heterocycles. The largest absolute Gasteiger partial charge is 0.320 e. The Kier molecular flexibility index (Phi) is 4.46. The summed E-state index contributed by atoms with van der Waals surface area (Å²) in [5.41, 5.74) is 1.16. The van der Waals surface area contributed by atoms with Crippen LogP contribution in [0.15, 0.2) is 48.5 Å². The highest BCUT2D eigenvalue weighted by molar-refractivity contribution is 6.05. The Morgan fingerprint density at radius 1 is 1.24 bits per heavy atom. The number of aromatic nitrogens is 4. The molecular formula is C16H14N6O3. The van der Waals surface area contributed by atoms with Crippen LogP contribution in [-0.2, 0) is 6.42 Å². The smallest absolute Gasteiger partial charge is 0.270 e. The van der Waals surface area contributed by atoms with E-state index in [1.807, 2.05) is 6.92 Å². The van der Waals surface area contributed by atoms with E-state index in [1.165, 1.54) is 24.3 Å². The number of amides is 1. The number of rotatable bonds is 5. The summed E-state index contributed by atoms with van der Waals surface area (Å²) in [6.07, 6.45) is 0.625. The van der Waals surface area contributed by atoms with Crippen molar-refractivity contribution in [2.75, 3.05) is 5.32 Å². The van der Waals surface area contributed by atoms with Crippen molar-refractivity contribution in [3.8, 4) is 5.69 Å². The number of carbonyl (C=O) groups excluding carboxylic acids is 1. The van der Waals surface area contributed by atoms with E-state index in [-0.39, 0.29) is 11.3 Å². The molecule has 1 heterocycles. The number of nitrogens with one attached hydrogen (secondary N) is 1. The summed E-state index contributed by atoms with van der Waals surface area (Å²) < 4.78 is 1.54. The molecule has 3 aromatic rings. The molecule has 0 aliphatic carbocycles. The molecule has 0 fully saturated rings. The predicted molar refractivity (Wildman–Crippen MR) is 89.6 cm³/mol. The van der Waals surface area contributed by atoms with Gasteiger partial charge in [-0.15, -0.1) is 5.10 Å². The van der Waals surface area contributed by atoms with E-state index in [2.05, 4.69) is 20.8 Å². The summed E-state index contributed by atoms with van der Waals surface area (Å²) in [6.45, 7) is 1.92. The Morgan fingerprint density at radius 3 is 2.80 bits per heavy atom. The van der Waals surface area contributed by atoms with Crippen molar-refractivity contribution in [1.29, 1.82) is 0 Å². The highest BCUT2D eigenvalue weighted by Crippen LogP contribution is 2.21. The molecule has 0 saturated carbocycles. The number of non-ortho nitro benzene ring substituents is 1. The maximum Gasteiger partial charge on any atom is 0.270 e. The normalized spacial score (nSPS) is 10.4. The van der Waals surface area contributed by atoms with Gasteiger partial charge in [-0.05, 0) is 28.6 Å². The second-order valence-electron chi connectivity index (χ2n) is 5.14. The van der Waals surface area contributed by atoms with Gasteiger partial charge in [0.2, 0.25) is 0 Å². The van der Waals surface area contributed by atoms with E-state index in [0.717, 1.165) is 0 Å². The molecule has 0 aliphatic heterocycles. The second-order valence-corrected chi connectivity index (χ2v) is 5.14. The number of carbonyl (C=O) groups is 1. The fraction of sp³-hybridized carbons (Fsp3) is 0.125. The molecule has 3 rings (SSSR count). The summed E-state index contributed by atoms with van der Waals surface area (Å²) in [5.74, 6) is 0.194. The molecule has 0 radical (unpaired) electrons. The number of aryl methyl sites for hydroxylation is 1. The number of benzene rings is 2. The first-order valence-electron chi connectivity index (χ1n) is 7.52. The molecule has 0 bridgehead atoms. The minimum Gasteiger partial charge on any atom is -0.320 e. The molecule has 9 nitrogen and oxygen atoms in total. The van der Waals surface area contributed by atoms with Crippen molar-refractivity contribution in [1.82, 2.24) is 20.2 Å². The number of anilines is 1. The summed E-state index contributed by atoms with van der Waals surface area (Å²) in [6, 6.07) is 12.6. The molecule has 0 aliphatic rings. The first kappa shape index (κ1) is 16.2. The monoisotopic (exact) mass is 338 g/mol. The predicted octanol–water partition coefficient (Wildman–Crippen LogP) is 2.39. The number of hydrogen-bond donors (Lipinski definition) is 1. The summed E-state index contributed by atoms with van der Waals surface area (Å²) in [4.78, 5) is 22.8. The van der Waals surface area contributed by atoms with Crippen LogP contribution in [-0.4, -0.2) is 31.0 Å². The lowest BCUT2D eigenvalue weighted by Crippen LogP contribution is -2.15. The molecule has 0 atom stereocenters. The number of nitro benzene ring substituents is 1. The minimum absolute atomic E-state index is 0.144. The Balaban J connectivity index is 1.93. The molecule has 2 aromatic carbocycles. The van der Waals surface area contributed by atoms with Crippen LogP contribution in [0.5, 0.6) is 0 Å². The summed E-state index contributed by atoms with van der Waals surface area (Å²) >= 11 is 0. The van der Waals surface area contributed by atoms with Crippen molar-refractivity contribution < 1.29 is 9.72 Å². The molecule has 1 N–H and O–H groups in total. The highest BCUT2D eigenvalue weighted by Gasteiger charge is 2.15. The van der Waals surface area contributed by atoms with Crippen LogP contribution in [0.25, 0.3) is 5.69 Å². The van der Waals surface area contributed by atoms with Crippen molar-refractivity contribution in [3.63, 3.8) is 0 Å². The third-order valence-electron chi connectivity index (χ3n) is 3.55. The van der Waals surface area contributed by atoms with E-state index in [0.29, 0.717) is 23.6 Å². The Bertz CT molecular complexity index is 937. The van der Waals surface area contributed by atoms with Crippen molar-refractivity contribution in [2.45, 2.75) is 13.3 Å². The summed E-state index contributed by atoms with van der Waals surface area (Å²) in [7, 11) is 0. The first-order valence-corrected chi connectivity index (χ1v) is 7.52. The minimum atomic E-state index is -0.542. The van der Waals surface area contributed by atoms with Crippen molar-refractivity contribution in [3.05, 3.63) is 70.0 Å². The zero-order chi connectivity index (χ0) is 17.8. The maximum atomic E-state index is 12.5. The SMILES string of the molecule is CCc1nnnn1-c1ccccc1NC(=O)c1cccc([N+](=O)[O-])c1. The van der Waals surface area contributed by atoms with E-state index >= 15 is 0 Å². The van der Waals surface area contributed by atoms with Crippen LogP contribution in [0, 0.1) is 10.1 Å². The molecule has 126 valence electrons. The Morgan fingerprint density at radius 2 is 2.04 bits per heavy atom. The maximum absolute atomic E-state index is 12.5. The van der Waals surface area contributed by atoms with E-state index < -0.39 is 10.8 Å². The van der Waals surface area contributed by atoms with Gasteiger partial charge in [-0.25, -0.2) is 0 Å². The molecule has 0 unspecified atom stereocenters. The fourth-order valence-electron chi connectivity index (χ4n) is 2.33. The van der Waals surface area contributed by atoms with Crippen molar-refractivity contribution in [2.24, 2.45) is 0 Å². The average molecular weight is 338 g/mol. The fourth-order valence-corrected chi connectivity index (χ4v) is 2.33. The van der Waals surface area contributed by atoms with Gasteiger partial charge in [0.05, 0.1) is 16.3 Å². The molecule has 0 saturated heterocycles. The topological polar surface area (TPSA) is 116 Å². The van der Waals surface area contributed by atoms with Crippen LogP contribution in [0.4, 0.5) is 11.4 Å². The molecule has 9 heteroatoms. The van der Waals surface area contributed by atoms with Crippen LogP contribution in [0.3, 0.4) is 0 Å². The van der Waals surface area contributed by atoms with Crippen molar-refractivity contribution >= 4 is 17.3 Å². The van der Waals surface area contributed by atoms with Gasteiger partial charge in [-0.3, -0.25) is 14.9 Å². The molecule has 1 amide bonds. The van der Waals surface area contributed by atoms with Gasteiger partial charge in [-0.2, -0.15) is 4.68 Å². The molecule has 0 spiro atoms. The Hall–Kier alpha value is -3.62. The first-order chi connectivity index (χ1) is 12.1. The van der Waals surface area contributed by atoms with Gasteiger partial charge in [0.1, 0.15) is 0 Å². The lowest BCUT2D eigenvalue weighted by molar-refractivity contribution is -0.384. The van der Waals surface area contributed by atoms with Crippen LogP contribution >= 0.6 is 0 Å². The summed E-state index contributed by atoms with van der Waals surface area (Å²) in [5, 5.41) is 25.2. The zero-order valence-electron chi connectivity index (χ0n) is 13.3. The number of para-hydroxylation sites is 2. The third kappa shape index (κ3) is 3.34. The van der Waals surface area contributed by atoms with Gasteiger partial charge in [0, 0.05) is 24.1 Å². The zero-order valence-corrected chi connectivity index (χ0v) is 13.3. The van der Waals surface area contributed by atoms with E-state index in [4.69, 9.17) is 0 Å². The van der Waals surface area contributed by atoms with Gasteiger partial charge >= 0.3 is 0 Å². The van der Waals surface area contributed by atoms with Crippen LogP contribution < -0.4 is 5.32 Å². The van der Waals surface area contributed by atoms with E-state index in [9.17, 15) is 14.9 Å². The molecular weight excluding hydrogens is 324 g/mol. The van der Waals surface area contributed by atoms with Gasteiger partial charge < -0.3 is 5.32 Å².